The Labute approximate surface area is 124 Å². The summed E-state index contributed by atoms with van der Waals surface area (Å²) < 4.78 is 24.9. The molecule has 0 bridgehead atoms. The van der Waals surface area contributed by atoms with Crippen LogP contribution in [-0.2, 0) is 10.0 Å². The Morgan fingerprint density at radius 3 is 2.33 bits per heavy atom. The van der Waals surface area contributed by atoms with Gasteiger partial charge in [-0.1, -0.05) is 0 Å². The van der Waals surface area contributed by atoms with Crippen LogP contribution in [-0.4, -0.2) is 50.5 Å². The molecular formula is C14H20N2O4S. The van der Waals surface area contributed by atoms with Gasteiger partial charge in [0.1, 0.15) is 0 Å². The van der Waals surface area contributed by atoms with E-state index in [1.54, 1.807) is 0 Å². The lowest BCUT2D eigenvalue weighted by Crippen LogP contribution is -2.38. The van der Waals surface area contributed by atoms with Crippen LogP contribution >= 0.6 is 0 Å². The molecule has 1 aromatic carbocycles. The fraction of sp³-hybridized carbons (Fsp3) is 0.500. The number of hydrogen-bond donors (Lipinski definition) is 2. The van der Waals surface area contributed by atoms with Gasteiger partial charge in [-0.25, -0.2) is 12.7 Å². The maximum Gasteiger partial charge on any atom is 0.251 e. The highest BCUT2D eigenvalue weighted by Crippen LogP contribution is 2.26. The number of carbonyl (C=O) groups is 1. The van der Waals surface area contributed by atoms with Crippen molar-refractivity contribution in [1.29, 1.82) is 0 Å². The summed E-state index contributed by atoms with van der Waals surface area (Å²) in [6.07, 6.45) is 1.21. The van der Waals surface area contributed by atoms with Crippen LogP contribution in [0.4, 0.5) is 0 Å². The zero-order valence-corrected chi connectivity index (χ0v) is 12.9. The minimum Gasteiger partial charge on any atom is -0.393 e. The van der Waals surface area contributed by atoms with Crippen LogP contribution in [0.1, 0.15) is 23.2 Å². The summed E-state index contributed by atoms with van der Waals surface area (Å²) in [5.41, 5.74) is 0.424. The van der Waals surface area contributed by atoms with E-state index in [1.165, 1.54) is 38.4 Å². The SMILES string of the molecule is CN(C)S(=O)(=O)c1ccc(C(=O)NCC2CC(O)C2)cc1. The highest BCUT2D eigenvalue weighted by Gasteiger charge is 2.27. The quantitative estimate of drug-likeness (QED) is 0.826. The molecule has 0 saturated heterocycles. The number of nitrogens with one attached hydrogen (secondary N) is 1. The molecule has 2 N–H and O–H groups in total. The van der Waals surface area contributed by atoms with Gasteiger partial charge >= 0.3 is 0 Å². The molecule has 0 radical (unpaired) electrons. The molecule has 0 atom stereocenters. The monoisotopic (exact) mass is 312 g/mol. The van der Waals surface area contributed by atoms with Gasteiger partial charge in [-0.15, -0.1) is 0 Å². The number of sulfonamides is 1. The summed E-state index contributed by atoms with van der Waals surface area (Å²) in [4.78, 5) is 12.1. The Hall–Kier alpha value is -1.44. The van der Waals surface area contributed by atoms with Crippen LogP contribution in [0.5, 0.6) is 0 Å². The maximum absolute atomic E-state index is 11.9. The fourth-order valence-corrected chi connectivity index (χ4v) is 3.10. The highest BCUT2D eigenvalue weighted by atomic mass is 32.2. The van der Waals surface area contributed by atoms with Crippen molar-refractivity contribution in [3.05, 3.63) is 29.8 Å². The first-order valence-corrected chi connectivity index (χ1v) is 8.23. The smallest absolute Gasteiger partial charge is 0.251 e. The van der Waals surface area contributed by atoms with Gasteiger partial charge in [0.25, 0.3) is 5.91 Å². The Kier molecular flexibility index (Phi) is 4.65. The summed E-state index contributed by atoms with van der Waals surface area (Å²) in [6.45, 7) is 0.535. The normalized spacial score (nSPS) is 21.9. The van der Waals surface area contributed by atoms with Crippen LogP contribution in [0.2, 0.25) is 0 Å². The molecule has 1 fully saturated rings. The maximum atomic E-state index is 11.9. The van der Waals surface area contributed by atoms with Crippen molar-refractivity contribution in [2.75, 3.05) is 20.6 Å². The molecular weight excluding hydrogens is 292 g/mol. The predicted octanol–water partition coefficient (Wildman–Crippen LogP) is 0.438. The van der Waals surface area contributed by atoms with E-state index in [4.69, 9.17) is 0 Å². The number of rotatable bonds is 5. The molecule has 1 saturated carbocycles. The van der Waals surface area contributed by atoms with Crippen LogP contribution < -0.4 is 5.32 Å². The summed E-state index contributed by atoms with van der Waals surface area (Å²) in [5.74, 6) is 0.0996. The largest absolute Gasteiger partial charge is 0.393 e. The van der Waals surface area contributed by atoms with Crippen LogP contribution in [0.15, 0.2) is 29.2 Å². The standard InChI is InChI=1S/C14H20N2O4S/c1-16(2)21(19,20)13-5-3-11(4-6-13)14(18)15-9-10-7-12(17)8-10/h3-6,10,12,17H,7-9H2,1-2H3,(H,15,18). The van der Waals surface area contributed by atoms with Crippen LogP contribution in [0.3, 0.4) is 0 Å². The van der Waals surface area contributed by atoms with E-state index in [1.807, 2.05) is 0 Å². The molecule has 0 aromatic heterocycles. The highest BCUT2D eigenvalue weighted by molar-refractivity contribution is 7.89. The third-order valence-electron chi connectivity index (χ3n) is 3.66. The van der Waals surface area contributed by atoms with Crippen molar-refractivity contribution in [2.24, 2.45) is 5.92 Å². The minimum absolute atomic E-state index is 0.158. The Morgan fingerprint density at radius 1 is 1.29 bits per heavy atom. The molecule has 1 amide bonds. The van der Waals surface area contributed by atoms with E-state index in [0.717, 1.165) is 17.1 Å². The number of nitrogens with zero attached hydrogens (tertiary/aromatic N) is 1. The molecule has 1 aliphatic carbocycles. The summed E-state index contributed by atoms with van der Waals surface area (Å²) >= 11 is 0. The Morgan fingerprint density at radius 2 is 1.86 bits per heavy atom. The van der Waals surface area contributed by atoms with Crippen LogP contribution in [0, 0.1) is 5.92 Å². The molecule has 1 aromatic rings. The molecule has 6 nitrogen and oxygen atoms in total. The molecule has 2 rings (SSSR count). The Bertz CT molecular complexity index is 604. The molecule has 116 valence electrons. The first-order chi connectivity index (χ1) is 9.80. The lowest BCUT2D eigenvalue weighted by molar-refractivity contribution is 0.0420. The first kappa shape index (κ1) is 15.9. The van der Waals surface area contributed by atoms with Crippen molar-refractivity contribution >= 4 is 15.9 Å². The molecule has 0 spiro atoms. The van der Waals surface area contributed by atoms with Gasteiger partial charge in [-0.05, 0) is 43.0 Å². The molecule has 0 unspecified atom stereocenters. The zero-order valence-electron chi connectivity index (χ0n) is 12.1. The zero-order chi connectivity index (χ0) is 15.6. The first-order valence-electron chi connectivity index (χ1n) is 6.79. The van der Waals surface area contributed by atoms with Crippen molar-refractivity contribution < 1.29 is 18.3 Å². The molecule has 21 heavy (non-hydrogen) atoms. The second-order valence-electron chi connectivity index (χ2n) is 5.51. The number of carbonyl (C=O) groups excluding carboxylic acids is 1. The average molecular weight is 312 g/mol. The predicted molar refractivity (Wildman–Crippen MR) is 78.4 cm³/mol. The van der Waals surface area contributed by atoms with E-state index >= 15 is 0 Å². The van der Waals surface area contributed by atoms with Gasteiger partial charge in [0.05, 0.1) is 11.0 Å². The summed E-state index contributed by atoms with van der Waals surface area (Å²) in [5, 5.41) is 12.0. The lowest BCUT2D eigenvalue weighted by Gasteiger charge is -2.31. The van der Waals surface area contributed by atoms with Gasteiger partial charge in [0.15, 0.2) is 0 Å². The second kappa shape index (κ2) is 6.13. The van der Waals surface area contributed by atoms with Crippen molar-refractivity contribution in [2.45, 2.75) is 23.8 Å². The topological polar surface area (TPSA) is 86.7 Å². The van der Waals surface area contributed by atoms with E-state index in [0.29, 0.717) is 18.0 Å². The van der Waals surface area contributed by atoms with E-state index in [2.05, 4.69) is 5.32 Å². The van der Waals surface area contributed by atoms with Gasteiger partial charge in [0.2, 0.25) is 10.0 Å². The average Bonchev–Trinajstić information content (AvgIpc) is 2.42. The molecule has 0 heterocycles. The number of hydrogen-bond acceptors (Lipinski definition) is 4. The van der Waals surface area contributed by atoms with Gasteiger partial charge < -0.3 is 10.4 Å². The number of amides is 1. The van der Waals surface area contributed by atoms with Gasteiger partial charge in [0, 0.05) is 26.2 Å². The van der Waals surface area contributed by atoms with Crippen LogP contribution in [0.25, 0.3) is 0 Å². The number of benzene rings is 1. The third kappa shape index (κ3) is 3.61. The van der Waals surface area contributed by atoms with E-state index < -0.39 is 10.0 Å². The molecule has 1 aliphatic rings. The lowest BCUT2D eigenvalue weighted by atomic mass is 9.82. The van der Waals surface area contributed by atoms with Crippen molar-refractivity contribution in [3.63, 3.8) is 0 Å². The molecule has 0 aliphatic heterocycles. The molecule has 7 heteroatoms. The minimum atomic E-state index is -3.47. The van der Waals surface area contributed by atoms with Crippen molar-refractivity contribution in [3.8, 4) is 0 Å². The fourth-order valence-electron chi connectivity index (χ4n) is 2.20. The van der Waals surface area contributed by atoms with Crippen molar-refractivity contribution in [1.82, 2.24) is 9.62 Å². The van der Waals surface area contributed by atoms with E-state index in [-0.39, 0.29) is 16.9 Å². The number of aliphatic hydroxyl groups excluding tert-OH is 1. The summed E-state index contributed by atoms with van der Waals surface area (Å²) in [6, 6.07) is 5.86. The third-order valence-corrected chi connectivity index (χ3v) is 5.49. The summed E-state index contributed by atoms with van der Waals surface area (Å²) in [7, 11) is -0.550. The van der Waals surface area contributed by atoms with Gasteiger partial charge in [-0.3, -0.25) is 4.79 Å². The van der Waals surface area contributed by atoms with E-state index in [9.17, 15) is 18.3 Å². The van der Waals surface area contributed by atoms with Gasteiger partial charge in [-0.2, -0.15) is 0 Å². The number of aliphatic hydroxyl groups is 1. The second-order valence-corrected chi connectivity index (χ2v) is 7.66. The Balaban J connectivity index is 1.97.